The van der Waals surface area contributed by atoms with Crippen LogP contribution < -0.4 is 17.0 Å². The summed E-state index contributed by atoms with van der Waals surface area (Å²) in [4.78, 5) is 53.5. The highest BCUT2D eigenvalue weighted by atomic mass is 32.3. The van der Waals surface area contributed by atoms with E-state index >= 15 is 0 Å². The first kappa shape index (κ1) is 34.0. The Kier molecular flexibility index (Phi) is 9.94. The summed E-state index contributed by atoms with van der Waals surface area (Å²) in [5.41, 5.74) is 3.75. The van der Waals surface area contributed by atoms with E-state index in [1.165, 1.54) is 7.05 Å². The van der Waals surface area contributed by atoms with Gasteiger partial charge >= 0.3 is 22.1 Å². The van der Waals surface area contributed by atoms with E-state index in [1.807, 2.05) is 4.98 Å². The Morgan fingerprint density at radius 1 is 1.14 bits per heavy atom. The summed E-state index contributed by atoms with van der Waals surface area (Å²) in [6.07, 6.45) is -17.0. The zero-order chi connectivity index (χ0) is 32.8. The molecule has 0 aliphatic carbocycles. The number of hydrogen-bond donors (Lipinski definition) is 8. The zero-order valence-electron chi connectivity index (χ0n) is 23.1. The number of aliphatic hydroxyl groups excluding tert-OH is 4. The monoisotopic (exact) mass is 655 g/mol. The first-order chi connectivity index (χ1) is 20.5. The van der Waals surface area contributed by atoms with Crippen molar-refractivity contribution in [1.82, 2.24) is 19.4 Å². The molecule has 0 radical (unpaired) electrons. The van der Waals surface area contributed by atoms with E-state index < -0.39 is 120 Å². The number of rotatable bonds is 9. The number of H-pyrrole nitrogens is 1. The van der Waals surface area contributed by atoms with Crippen molar-refractivity contribution >= 4 is 22.3 Å². The molecule has 44 heavy (non-hydrogen) atoms. The molecule has 0 aromatic carbocycles. The fourth-order valence-corrected chi connectivity index (χ4v) is 6.06. The minimum Gasteiger partial charge on any atom is -0.480 e. The predicted molar refractivity (Wildman–Crippen MR) is 139 cm³/mol. The number of aliphatic hydroxyl groups is 4. The van der Waals surface area contributed by atoms with Crippen LogP contribution in [0.25, 0.3) is 0 Å². The lowest BCUT2D eigenvalue weighted by Gasteiger charge is -2.38. The number of aromatic nitrogens is 2. The molecule has 3 saturated heterocycles. The van der Waals surface area contributed by atoms with Gasteiger partial charge in [-0.15, -0.1) is 0 Å². The molecule has 1 aromatic rings. The molecule has 22 heteroatoms. The molecule has 3 aliphatic heterocycles. The summed E-state index contributed by atoms with van der Waals surface area (Å²) in [5.74, 6) is -2.57. The summed E-state index contributed by atoms with van der Waals surface area (Å²) in [6.45, 7) is -0.886. The lowest BCUT2D eigenvalue weighted by molar-refractivity contribution is -0.230. The molecule has 1 aromatic heterocycles. The Morgan fingerprint density at radius 2 is 1.80 bits per heavy atom. The minimum absolute atomic E-state index is 0.410. The largest absolute Gasteiger partial charge is 0.480 e. The van der Waals surface area contributed by atoms with Crippen molar-refractivity contribution in [2.24, 2.45) is 5.73 Å². The molecule has 3 aliphatic rings. The smallest absolute Gasteiger partial charge is 0.397 e. The molecule has 3 fully saturated rings. The van der Waals surface area contributed by atoms with E-state index in [0.717, 1.165) is 28.8 Å². The fraction of sp³-hybridized carbons (Fsp3) is 0.727. The van der Waals surface area contributed by atoms with Crippen molar-refractivity contribution in [3.63, 3.8) is 0 Å². The Hall–Kier alpha value is -2.87. The number of aromatic amines is 1. The quantitative estimate of drug-likeness (QED) is 0.115. The van der Waals surface area contributed by atoms with Gasteiger partial charge in [-0.05, 0) is 7.05 Å². The van der Waals surface area contributed by atoms with Crippen LogP contribution in [0.5, 0.6) is 0 Å². The van der Waals surface area contributed by atoms with Gasteiger partial charge in [0.1, 0.15) is 42.7 Å². The maximum atomic E-state index is 13.8. The van der Waals surface area contributed by atoms with E-state index in [1.54, 1.807) is 0 Å². The van der Waals surface area contributed by atoms with Gasteiger partial charge in [-0.2, -0.15) is 8.42 Å². The van der Waals surface area contributed by atoms with E-state index in [-0.39, 0.29) is 0 Å². The lowest BCUT2D eigenvalue weighted by atomic mass is 9.97. The summed E-state index contributed by atoms with van der Waals surface area (Å²) < 4.78 is 54.9. The van der Waals surface area contributed by atoms with Gasteiger partial charge in [0.15, 0.2) is 24.7 Å². The Balaban J connectivity index is 1.80. The van der Waals surface area contributed by atoms with Gasteiger partial charge < -0.3 is 50.4 Å². The van der Waals surface area contributed by atoms with E-state index in [2.05, 4.69) is 4.18 Å². The molecule has 9 N–H and O–H groups in total. The standard InChI is InChI=1S/C22H33N5O16S/c1-25-6-7(28)10(20(34)35)26(2)18(33)11(25)15(42-21-17(43-44(37,38)39)12(30)8(5-23)40-21)16-13(31)14(32)19(41-16)27-4-3-9(29)24-22(27)36/h3-4,7-8,10-17,19,21,28,30-32H,5-6,23H2,1-2H3,(H,34,35)(H,24,29,36)(H,37,38,39)/t7-,8+,10?,11?,12+,13-,14+,15?,16-,17+,19+,21-/m0/s1. The number of ether oxygens (including phenoxy) is 3. The van der Waals surface area contributed by atoms with Crippen molar-refractivity contribution in [1.29, 1.82) is 0 Å². The molecule has 3 unspecified atom stereocenters. The van der Waals surface area contributed by atoms with Crippen molar-refractivity contribution in [2.75, 3.05) is 27.2 Å². The molecule has 21 nitrogen and oxygen atoms in total. The van der Waals surface area contributed by atoms with Crippen LogP contribution in [0.3, 0.4) is 0 Å². The van der Waals surface area contributed by atoms with Crippen LogP contribution in [0.2, 0.25) is 0 Å². The van der Waals surface area contributed by atoms with Crippen molar-refractivity contribution < 1.29 is 66.5 Å². The van der Waals surface area contributed by atoms with E-state index in [0.29, 0.717) is 4.90 Å². The number of nitrogens with one attached hydrogen (secondary N) is 1. The average Bonchev–Trinajstić information content (AvgIpc) is 3.34. The van der Waals surface area contributed by atoms with Gasteiger partial charge in [-0.3, -0.25) is 28.6 Å². The number of carboxylic acids is 1. The summed E-state index contributed by atoms with van der Waals surface area (Å²) in [7, 11) is -2.90. The van der Waals surface area contributed by atoms with Crippen molar-refractivity contribution in [3.8, 4) is 0 Å². The average molecular weight is 656 g/mol. The molecule has 1 amide bonds. The number of amides is 1. The summed E-state index contributed by atoms with van der Waals surface area (Å²) >= 11 is 0. The molecule has 0 saturated carbocycles. The second-order valence-corrected chi connectivity index (χ2v) is 11.6. The Bertz CT molecular complexity index is 1450. The Morgan fingerprint density at radius 3 is 2.36 bits per heavy atom. The molecule has 12 atom stereocenters. The SMILES string of the molecule is CN1C[C@H](O)C(C(=O)O)N(C)C(=O)C1C(O[C@@H]1O[C@H](CN)[C@@H](O)[C@H]1OS(=O)(=O)O)[C@H]1O[C@@H](n2ccc(=O)[nH]c2=O)[C@H](O)[C@@H]1O. The molecule has 248 valence electrons. The Labute approximate surface area is 247 Å². The van der Waals surface area contributed by atoms with Crippen LogP contribution in [0, 0.1) is 0 Å². The number of likely N-dealkylation sites (N-methyl/N-ethyl adjacent to an activating group) is 2. The van der Waals surface area contributed by atoms with E-state index in [9.17, 15) is 57.7 Å². The summed E-state index contributed by atoms with van der Waals surface area (Å²) in [5, 5.41) is 52.8. The molecule has 4 rings (SSSR count). The van der Waals surface area contributed by atoms with E-state index in [4.69, 9.17) is 19.9 Å². The van der Waals surface area contributed by atoms with Crippen LogP contribution in [0.15, 0.2) is 21.9 Å². The first-order valence-corrected chi connectivity index (χ1v) is 14.4. The molecular formula is C22H33N5O16S. The van der Waals surface area contributed by atoms with Crippen molar-refractivity contribution in [3.05, 3.63) is 33.1 Å². The maximum absolute atomic E-state index is 13.8. The topological polar surface area (TPSA) is 314 Å². The van der Waals surface area contributed by atoms with Crippen molar-refractivity contribution in [2.45, 2.75) is 73.4 Å². The number of nitrogens with two attached hydrogens (primary N) is 1. The van der Waals surface area contributed by atoms with Crippen LogP contribution in [-0.4, -0.2) is 164 Å². The molecule has 0 spiro atoms. The fourth-order valence-electron chi connectivity index (χ4n) is 5.57. The van der Waals surface area contributed by atoms with Gasteiger partial charge in [0, 0.05) is 32.4 Å². The van der Waals surface area contributed by atoms with Crippen LogP contribution in [-0.2, 0) is 38.4 Å². The number of carbonyl (C=O) groups is 2. The highest BCUT2D eigenvalue weighted by molar-refractivity contribution is 7.80. The second kappa shape index (κ2) is 12.9. The third kappa shape index (κ3) is 6.56. The number of carboxylic acid groups (broad SMARTS) is 1. The molecule has 4 heterocycles. The number of carbonyl (C=O) groups excluding carboxylic acids is 1. The second-order valence-electron chi connectivity index (χ2n) is 10.5. The molecular weight excluding hydrogens is 622 g/mol. The highest BCUT2D eigenvalue weighted by Crippen LogP contribution is 2.37. The third-order valence-electron chi connectivity index (χ3n) is 7.67. The normalized spacial score (nSPS) is 37.7. The number of β-amino-alcohol motifs (C(OH)–C–C–N with tert-alkyl or cyclic N) is 1. The summed E-state index contributed by atoms with van der Waals surface area (Å²) in [6, 6.07) is -2.50. The maximum Gasteiger partial charge on any atom is 0.397 e. The minimum atomic E-state index is -5.25. The van der Waals surface area contributed by atoms with Crippen LogP contribution in [0.1, 0.15) is 6.23 Å². The van der Waals surface area contributed by atoms with Gasteiger partial charge in [0.05, 0.1) is 6.10 Å². The highest BCUT2D eigenvalue weighted by Gasteiger charge is 2.57. The third-order valence-corrected chi connectivity index (χ3v) is 8.14. The number of aliphatic carboxylic acids is 1. The first-order valence-electron chi connectivity index (χ1n) is 13.0. The number of hydrogen-bond acceptors (Lipinski definition) is 16. The van der Waals surface area contributed by atoms with Crippen LogP contribution in [0.4, 0.5) is 0 Å². The van der Waals surface area contributed by atoms with Gasteiger partial charge in [-0.25, -0.2) is 13.8 Å². The van der Waals surface area contributed by atoms with Gasteiger partial charge in [-0.1, -0.05) is 0 Å². The molecule has 0 bridgehead atoms. The zero-order valence-corrected chi connectivity index (χ0v) is 23.9. The lowest BCUT2D eigenvalue weighted by Crippen LogP contribution is -2.60. The van der Waals surface area contributed by atoms with Gasteiger partial charge in [0.25, 0.3) is 5.56 Å². The number of nitrogens with zero attached hydrogens (tertiary/aromatic N) is 3. The van der Waals surface area contributed by atoms with Crippen LogP contribution >= 0.6 is 0 Å². The predicted octanol–water partition coefficient (Wildman–Crippen LogP) is -6.64. The van der Waals surface area contributed by atoms with Gasteiger partial charge in [0.2, 0.25) is 5.91 Å².